The quantitative estimate of drug-likeness (QED) is 0.884. The Morgan fingerprint density at radius 1 is 1.15 bits per heavy atom. The van der Waals surface area contributed by atoms with E-state index in [-0.39, 0.29) is 11.9 Å². The molecule has 2 heterocycles. The van der Waals surface area contributed by atoms with E-state index >= 15 is 0 Å². The monoisotopic (exact) mass is 372 g/mol. The highest BCUT2D eigenvalue weighted by atomic mass is 35.5. The first kappa shape index (κ1) is 17.2. The van der Waals surface area contributed by atoms with Gasteiger partial charge in [0.25, 0.3) is 0 Å². The highest BCUT2D eigenvalue weighted by molar-refractivity contribution is 6.33. The Labute approximate surface area is 157 Å². The number of para-hydroxylation sites is 1. The van der Waals surface area contributed by atoms with Gasteiger partial charge in [-0.3, -0.25) is 9.69 Å². The molecule has 1 N–H and O–H groups in total. The van der Waals surface area contributed by atoms with Crippen LogP contribution in [0.2, 0.25) is 5.02 Å². The van der Waals surface area contributed by atoms with Gasteiger partial charge in [-0.2, -0.15) is 0 Å². The number of nitrogens with zero attached hydrogens (tertiary/aromatic N) is 1. The zero-order valence-corrected chi connectivity index (χ0v) is 15.2. The minimum absolute atomic E-state index is 0.0532. The van der Waals surface area contributed by atoms with Crippen molar-refractivity contribution < 1.29 is 14.3 Å². The molecule has 2 aromatic carbocycles. The molecular formula is C20H21ClN2O3. The van der Waals surface area contributed by atoms with E-state index in [1.54, 1.807) is 6.07 Å². The van der Waals surface area contributed by atoms with Crippen LogP contribution in [-0.2, 0) is 4.79 Å². The minimum Gasteiger partial charge on any atom is -0.486 e. The highest BCUT2D eigenvalue weighted by Gasteiger charge is 2.28. The van der Waals surface area contributed by atoms with Crippen molar-refractivity contribution in [2.24, 2.45) is 0 Å². The Morgan fingerprint density at radius 3 is 2.81 bits per heavy atom. The van der Waals surface area contributed by atoms with Crippen molar-refractivity contribution in [1.82, 2.24) is 4.90 Å². The van der Waals surface area contributed by atoms with Gasteiger partial charge in [0.15, 0.2) is 11.5 Å². The summed E-state index contributed by atoms with van der Waals surface area (Å²) in [6.07, 6.45) is 2.09. The standard InChI is InChI=1S/C20H21ClN2O3/c21-15-4-1-2-5-16(15)22-20(24)13-23-9-3-6-17(23)14-7-8-18-19(12-14)26-11-10-25-18/h1-2,4-5,7-8,12,17H,3,6,9-11,13H2,(H,22,24)/t17-/m0/s1. The van der Waals surface area contributed by atoms with Gasteiger partial charge in [0.1, 0.15) is 13.2 Å². The molecule has 26 heavy (non-hydrogen) atoms. The molecule has 0 saturated carbocycles. The molecule has 0 bridgehead atoms. The SMILES string of the molecule is O=C(CN1CCC[C@H]1c1ccc2c(c1)OCCO2)Nc1ccccc1Cl. The number of anilines is 1. The number of halogens is 1. The fourth-order valence-corrected chi connectivity index (χ4v) is 3.78. The Balaban J connectivity index is 1.45. The maximum Gasteiger partial charge on any atom is 0.238 e. The van der Waals surface area contributed by atoms with E-state index in [4.69, 9.17) is 21.1 Å². The smallest absolute Gasteiger partial charge is 0.238 e. The summed E-state index contributed by atoms with van der Waals surface area (Å²) in [5.41, 5.74) is 1.81. The van der Waals surface area contributed by atoms with Crippen molar-refractivity contribution >= 4 is 23.2 Å². The number of hydrogen-bond donors (Lipinski definition) is 1. The summed E-state index contributed by atoms with van der Waals surface area (Å²) in [5.74, 6) is 1.53. The second-order valence-electron chi connectivity index (χ2n) is 6.56. The van der Waals surface area contributed by atoms with Crippen LogP contribution in [0.4, 0.5) is 5.69 Å². The Hall–Kier alpha value is -2.24. The van der Waals surface area contributed by atoms with Crippen molar-refractivity contribution in [3.05, 3.63) is 53.1 Å². The molecule has 0 aromatic heterocycles. The van der Waals surface area contributed by atoms with Crippen molar-refractivity contribution in [2.75, 3.05) is 31.6 Å². The third-order valence-corrected chi connectivity index (χ3v) is 5.14. The lowest BCUT2D eigenvalue weighted by Crippen LogP contribution is -2.33. The molecule has 2 aromatic rings. The van der Waals surface area contributed by atoms with E-state index in [1.807, 2.05) is 30.3 Å². The number of carbonyl (C=O) groups is 1. The fourth-order valence-electron chi connectivity index (χ4n) is 3.60. The van der Waals surface area contributed by atoms with Gasteiger partial charge in [-0.05, 0) is 49.2 Å². The maximum atomic E-state index is 12.5. The minimum atomic E-state index is -0.0532. The lowest BCUT2D eigenvalue weighted by Gasteiger charge is -2.26. The van der Waals surface area contributed by atoms with Gasteiger partial charge in [-0.15, -0.1) is 0 Å². The molecule has 0 spiro atoms. The van der Waals surface area contributed by atoms with Crippen molar-refractivity contribution in [2.45, 2.75) is 18.9 Å². The second kappa shape index (κ2) is 7.56. The molecule has 1 atom stereocenters. The number of hydrogen-bond acceptors (Lipinski definition) is 4. The van der Waals surface area contributed by atoms with Crippen LogP contribution in [0.3, 0.4) is 0 Å². The third-order valence-electron chi connectivity index (χ3n) is 4.81. The van der Waals surface area contributed by atoms with E-state index < -0.39 is 0 Å². The van der Waals surface area contributed by atoms with Gasteiger partial charge in [0.2, 0.25) is 5.91 Å². The van der Waals surface area contributed by atoms with Crippen LogP contribution in [0, 0.1) is 0 Å². The Morgan fingerprint density at radius 2 is 1.96 bits per heavy atom. The summed E-state index contributed by atoms with van der Waals surface area (Å²) in [6.45, 7) is 2.40. The third kappa shape index (κ3) is 3.64. The lowest BCUT2D eigenvalue weighted by molar-refractivity contribution is -0.117. The predicted molar refractivity (Wildman–Crippen MR) is 101 cm³/mol. The van der Waals surface area contributed by atoms with Gasteiger partial charge in [-0.1, -0.05) is 29.8 Å². The first-order valence-corrected chi connectivity index (χ1v) is 9.26. The number of rotatable bonds is 4. The molecule has 2 aliphatic heterocycles. The number of carbonyl (C=O) groups excluding carboxylic acids is 1. The van der Waals surface area contributed by atoms with E-state index in [9.17, 15) is 4.79 Å². The van der Waals surface area contributed by atoms with Gasteiger partial charge in [-0.25, -0.2) is 0 Å². The molecular weight excluding hydrogens is 352 g/mol. The van der Waals surface area contributed by atoms with Crippen LogP contribution in [0.5, 0.6) is 11.5 Å². The van der Waals surface area contributed by atoms with Crippen LogP contribution in [0.15, 0.2) is 42.5 Å². The molecule has 0 unspecified atom stereocenters. The Bertz CT molecular complexity index is 811. The average molecular weight is 373 g/mol. The average Bonchev–Trinajstić information content (AvgIpc) is 3.11. The molecule has 1 saturated heterocycles. The first-order chi connectivity index (χ1) is 12.7. The van der Waals surface area contributed by atoms with Crippen LogP contribution in [-0.4, -0.2) is 37.1 Å². The summed E-state index contributed by atoms with van der Waals surface area (Å²) in [6, 6.07) is 13.6. The molecule has 136 valence electrons. The largest absolute Gasteiger partial charge is 0.486 e. The number of nitrogens with one attached hydrogen (secondary N) is 1. The zero-order valence-electron chi connectivity index (χ0n) is 14.4. The summed E-state index contributed by atoms with van der Waals surface area (Å²) in [7, 11) is 0. The van der Waals surface area contributed by atoms with E-state index in [1.165, 1.54) is 0 Å². The summed E-state index contributed by atoms with van der Waals surface area (Å²) in [5, 5.41) is 3.45. The number of amides is 1. The normalized spacial score (nSPS) is 19.3. The van der Waals surface area contributed by atoms with Crippen LogP contribution in [0.25, 0.3) is 0 Å². The molecule has 4 rings (SSSR count). The van der Waals surface area contributed by atoms with Crippen LogP contribution < -0.4 is 14.8 Å². The number of ether oxygens (including phenoxy) is 2. The Kier molecular flexibility index (Phi) is 5.00. The van der Waals surface area contributed by atoms with E-state index in [0.717, 1.165) is 36.4 Å². The van der Waals surface area contributed by atoms with Crippen molar-refractivity contribution in [3.8, 4) is 11.5 Å². The number of benzene rings is 2. The van der Waals surface area contributed by atoms with E-state index in [2.05, 4.69) is 16.3 Å². The molecule has 6 heteroatoms. The zero-order chi connectivity index (χ0) is 17.9. The van der Waals surface area contributed by atoms with Gasteiger partial charge >= 0.3 is 0 Å². The second-order valence-corrected chi connectivity index (χ2v) is 6.97. The van der Waals surface area contributed by atoms with Gasteiger partial charge < -0.3 is 14.8 Å². The molecule has 1 fully saturated rings. The molecule has 0 aliphatic carbocycles. The lowest BCUT2D eigenvalue weighted by atomic mass is 10.0. The molecule has 0 radical (unpaired) electrons. The first-order valence-electron chi connectivity index (χ1n) is 8.89. The number of fused-ring (bicyclic) bond motifs is 1. The topological polar surface area (TPSA) is 50.8 Å². The van der Waals surface area contributed by atoms with Crippen LogP contribution in [0.1, 0.15) is 24.4 Å². The van der Waals surface area contributed by atoms with Crippen molar-refractivity contribution in [1.29, 1.82) is 0 Å². The summed E-state index contributed by atoms with van der Waals surface area (Å²) >= 11 is 6.12. The van der Waals surface area contributed by atoms with Gasteiger partial charge in [0, 0.05) is 6.04 Å². The molecule has 1 amide bonds. The van der Waals surface area contributed by atoms with Gasteiger partial charge in [0.05, 0.1) is 17.3 Å². The predicted octanol–water partition coefficient (Wildman–Crippen LogP) is 3.89. The number of likely N-dealkylation sites (tertiary alicyclic amines) is 1. The summed E-state index contributed by atoms with van der Waals surface area (Å²) < 4.78 is 11.3. The highest BCUT2D eigenvalue weighted by Crippen LogP contribution is 2.38. The fraction of sp³-hybridized carbons (Fsp3) is 0.350. The van der Waals surface area contributed by atoms with Crippen LogP contribution >= 0.6 is 11.6 Å². The maximum absolute atomic E-state index is 12.5. The van der Waals surface area contributed by atoms with Crippen molar-refractivity contribution in [3.63, 3.8) is 0 Å². The molecule has 5 nitrogen and oxygen atoms in total. The summed E-state index contributed by atoms with van der Waals surface area (Å²) in [4.78, 5) is 14.7. The molecule has 2 aliphatic rings. The van der Waals surface area contributed by atoms with E-state index in [0.29, 0.717) is 30.5 Å².